The van der Waals surface area contributed by atoms with Crippen molar-refractivity contribution in [3.63, 3.8) is 0 Å². The highest BCUT2D eigenvalue weighted by molar-refractivity contribution is 7.22. The van der Waals surface area contributed by atoms with Crippen LogP contribution in [0.25, 0.3) is 16.3 Å². The maximum absolute atomic E-state index is 13.5. The minimum absolute atomic E-state index is 0. The van der Waals surface area contributed by atoms with E-state index in [9.17, 15) is 4.79 Å². The van der Waals surface area contributed by atoms with Crippen LogP contribution in [0.4, 0.5) is 5.13 Å². The van der Waals surface area contributed by atoms with Gasteiger partial charge in [0.25, 0.3) is 5.91 Å². The summed E-state index contributed by atoms with van der Waals surface area (Å²) >= 11 is 1.48. The number of nitrogens with zero attached hydrogens (tertiary/aromatic N) is 3. The van der Waals surface area contributed by atoms with Gasteiger partial charge in [-0.05, 0) is 62.0 Å². The quantitative estimate of drug-likeness (QED) is 0.259. The fourth-order valence-corrected chi connectivity index (χ4v) is 4.83. The molecule has 0 saturated carbocycles. The molecule has 0 bridgehead atoms. The maximum atomic E-state index is 13.5. The third-order valence-electron chi connectivity index (χ3n) is 5.80. The van der Waals surface area contributed by atoms with Gasteiger partial charge in [-0.1, -0.05) is 25.2 Å². The van der Waals surface area contributed by atoms with Gasteiger partial charge in [0, 0.05) is 19.2 Å². The second-order valence-corrected chi connectivity index (χ2v) is 8.88. The molecule has 0 saturated heterocycles. The lowest BCUT2D eigenvalue weighted by Gasteiger charge is -2.23. The van der Waals surface area contributed by atoms with E-state index in [1.54, 1.807) is 50.5 Å². The first-order chi connectivity index (χ1) is 17.5. The number of ether oxygens (including phenoxy) is 4. The Balaban J connectivity index is 0.00000481. The van der Waals surface area contributed by atoms with Crippen molar-refractivity contribution < 1.29 is 23.7 Å². The summed E-state index contributed by atoms with van der Waals surface area (Å²) in [7, 11) is 4.69. The number of thiazole rings is 1. The standard InChI is InChI=1S/C27H35N3O5S.ClH/c1-7-29(8-2)14-15-30(27-28-21-12-11-20(35-9-3)18-24(21)36-27)25(31)13-10-19-16-22(32-4)26(34-6)23(17-19)33-5;/h10-13,16-18H,7-9,14-15H2,1-6H3;1H. The van der Waals surface area contributed by atoms with Crippen LogP contribution in [0.2, 0.25) is 0 Å². The summed E-state index contributed by atoms with van der Waals surface area (Å²) in [6, 6.07) is 9.41. The van der Waals surface area contributed by atoms with E-state index in [1.807, 2.05) is 25.1 Å². The Morgan fingerprint density at radius 1 is 0.973 bits per heavy atom. The van der Waals surface area contributed by atoms with Gasteiger partial charge in [0.1, 0.15) is 5.75 Å². The Kier molecular flexibility index (Phi) is 12.0. The Bertz CT molecular complexity index is 1170. The minimum Gasteiger partial charge on any atom is -0.494 e. The van der Waals surface area contributed by atoms with E-state index in [-0.39, 0.29) is 18.3 Å². The van der Waals surface area contributed by atoms with Crippen LogP contribution in [0.5, 0.6) is 23.0 Å². The topological polar surface area (TPSA) is 73.4 Å². The van der Waals surface area contributed by atoms with Crippen LogP contribution >= 0.6 is 23.7 Å². The molecule has 0 unspecified atom stereocenters. The lowest BCUT2D eigenvalue weighted by atomic mass is 10.1. The van der Waals surface area contributed by atoms with E-state index in [0.717, 1.165) is 41.2 Å². The van der Waals surface area contributed by atoms with Gasteiger partial charge in [-0.25, -0.2) is 4.98 Å². The summed E-state index contributed by atoms with van der Waals surface area (Å²) in [5, 5.41) is 0.658. The van der Waals surface area contributed by atoms with Gasteiger partial charge in [0.2, 0.25) is 5.75 Å². The molecule has 2 aromatic carbocycles. The number of carbonyl (C=O) groups excluding carboxylic acids is 1. The number of rotatable bonds is 13. The van der Waals surface area contributed by atoms with Crippen LogP contribution in [0.3, 0.4) is 0 Å². The molecule has 0 radical (unpaired) electrons. The van der Waals surface area contributed by atoms with Crippen LogP contribution in [-0.4, -0.2) is 69.9 Å². The molecule has 0 aliphatic rings. The molecule has 0 spiro atoms. The van der Waals surface area contributed by atoms with Gasteiger partial charge in [0.15, 0.2) is 16.6 Å². The van der Waals surface area contributed by atoms with Crippen molar-refractivity contribution in [2.45, 2.75) is 20.8 Å². The molecular weight excluding hydrogens is 514 g/mol. The molecule has 202 valence electrons. The zero-order valence-corrected chi connectivity index (χ0v) is 23.9. The SMILES string of the molecule is CCOc1ccc2nc(N(CCN(CC)CC)C(=O)C=Cc3cc(OC)c(OC)c(OC)c3)sc2c1.Cl. The van der Waals surface area contributed by atoms with Gasteiger partial charge in [-0.15, -0.1) is 12.4 Å². The number of hydrogen-bond donors (Lipinski definition) is 0. The number of halogens is 1. The van der Waals surface area contributed by atoms with E-state index in [2.05, 4.69) is 18.7 Å². The summed E-state index contributed by atoms with van der Waals surface area (Å²) < 4.78 is 22.9. The minimum atomic E-state index is -0.153. The molecule has 8 nitrogen and oxygen atoms in total. The van der Waals surface area contributed by atoms with Gasteiger partial charge in [-0.2, -0.15) is 0 Å². The molecule has 1 amide bonds. The number of hydrogen-bond acceptors (Lipinski definition) is 8. The normalized spacial score (nSPS) is 11.0. The zero-order chi connectivity index (χ0) is 26.1. The molecule has 0 N–H and O–H groups in total. The lowest BCUT2D eigenvalue weighted by molar-refractivity contribution is -0.114. The first-order valence-electron chi connectivity index (χ1n) is 12.0. The molecule has 0 fully saturated rings. The molecule has 1 heterocycles. The number of anilines is 1. The molecule has 0 atom stereocenters. The van der Waals surface area contributed by atoms with Crippen LogP contribution in [0, 0.1) is 0 Å². The zero-order valence-electron chi connectivity index (χ0n) is 22.3. The van der Waals surface area contributed by atoms with Gasteiger partial charge in [0.05, 0.1) is 38.2 Å². The average Bonchev–Trinajstić information content (AvgIpc) is 3.32. The smallest absolute Gasteiger partial charge is 0.252 e. The maximum Gasteiger partial charge on any atom is 0.252 e. The third kappa shape index (κ3) is 7.50. The number of fused-ring (bicyclic) bond motifs is 1. The Morgan fingerprint density at radius 3 is 2.22 bits per heavy atom. The number of carbonyl (C=O) groups is 1. The number of likely N-dealkylation sites (N-methyl/N-ethyl adjacent to an activating group) is 1. The first kappa shape index (κ1) is 30.2. The lowest BCUT2D eigenvalue weighted by Crippen LogP contribution is -2.38. The van der Waals surface area contributed by atoms with Crippen LogP contribution in [0.15, 0.2) is 36.4 Å². The number of methoxy groups -OCH3 is 3. The van der Waals surface area contributed by atoms with E-state index >= 15 is 0 Å². The largest absolute Gasteiger partial charge is 0.494 e. The third-order valence-corrected chi connectivity index (χ3v) is 6.84. The highest BCUT2D eigenvalue weighted by atomic mass is 35.5. The summed E-state index contributed by atoms with van der Waals surface area (Å²) in [5.41, 5.74) is 1.60. The predicted molar refractivity (Wildman–Crippen MR) is 153 cm³/mol. The molecular formula is C27H36ClN3O5S. The van der Waals surface area contributed by atoms with Crippen molar-refractivity contribution in [3.8, 4) is 23.0 Å². The predicted octanol–water partition coefficient (Wildman–Crippen LogP) is 5.53. The van der Waals surface area contributed by atoms with Crippen LogP contribution in [-0.2, 0) is 4.79 Å². The number of aromatic nitrogens is 1. The van der Waals surface area contributed by atoms with Crippen molar-refractivity contribution >= 4 is 51.1 Å². The molecule has 3 rings (SSSR count). The van der Waals surface area contributed by atoms with Crippen molar-refractivity contribution in [2.24, 2.45) is 0 Å². The van der Waals surface area contributed by atoms with Crippen molar-refractivity contribution in [1.29, 1.82) is 0 Å². The molecule has 0 aliphatic carbocycles. The Morgan fingerprint density at radius 2 is 1.65 bits per heavy atom. The van der Waals surface area contributed by atoms with Crippen molar-refractivity contribution in [2.75, 3.05) is 59.0 Å². The summed E-state index contributed by atoms with van der Waals surface area (Å²) in [6.07, 6.45) is 3.30. The molecule has 0 aliphatic heterocycles. The van der Waals surface area contributed by atoms with Crippen LogP contribution in [0.1, 0.15) is 26.3 Å². The first-order valence-corrected chi connectivity index (χ1v) is 12.8. The molecule has 1 aromatic heterocycles. The highest BCUT2D eigenvalue weighted by Crippen LogP contribution is 2.38. The fraction of sp³-hybridized carbons (Fsp3) is 0.407. The van der Waals surface area contributed by atoms with Gasteiger partial charge >= 0.3 is 0 Å². The van der Waals surface area contributed by atoms with E-state index in [0.29, 0.717) is 35.5 Å². The van der Waals surface area contributed by atoms with Crippen molar-refractivity contribution in [3.05, 3.63) is 42.0 Å². The molecule has 37 heavy (non-hydrogen) atoms. The second-order valence-electron chi connectivity index (χ2n) is 7.87. The second kappa shape index (κ2) is 14.7. The number of amides is 1. The summed E-state index contributed by atoms with van der Waals surface area (Å²) in [6.45, 7) is 9.89. The highest BCUT2D eigenvalue weighted by Gasteiger charge is 2.19. The average molecular weight is 550 g/mol. The monoisotopic (exact) mass is 549 g/mol. The Labute approximate surface area is 229 Å². The van der Waals surface area contributed by atoms with Gasteiger partial charge in [-0.3, -0.25) is 9.69 Å². The Hall–Kier alpha value is -3.01. The van der Waals surface area contributed by atoms with Crippen molar-refractivity contribution in [1.82, 2.24) is 9.88 Å². The van der Waals surface area contributed by atoms with E-state index in [1.165, 1.54) is 11.3 Å². The van der Waals surface area contributed by atoms with Crippen LogP contribution < -0.4 is 23.8 Å². The van der Waals surface area contributed by atoms with E-state index in [4.69, 9.17) is 23.9 Å². The summed E-state index contributed by atoms with van der Waals surface area (Å²) in [4.78, 5) is 22.2. The molecule has 10 heteroatoms. The molecule has 3 aromatic rings. The van der Waals surface area contributed by atoms with E-state index < -0.39 is 0 Å². The van der Waals surface area contributed by atoms with Gasteiger partial charge < -0.3 is 23.8 Å². The summed E-state index contributed by atoms with van der Waals surface area (Å²) in [5.74, 6) is 2.20. The fourth-order valence-electron chi connectivity index (χ4n) is 3.80. The number of benzene rings is 2.